The highest BCUT2D eigenvalue weighted by atomic mass is 32.2. The third-order valence-corrected chi connectivity index (χ3v) is 7.67. The largest absolute Gasteiger partial charge is 0.454 e. The van der Waals surface area contributed by atoms with Crippen molar-refractivity contribution in [3.8, 4) is 33.8 Å². The molecule has 36 heavy (non-hydrogen) atoms. The Kier molecular flexibility index (Phi) is 4.24. The Balaban J connectivity index is 1.35. The van der Waals surface area contributed by atoms with Crippen LogP contribution in [-0.2, 0) is 17.1 Å². The molecule has 5 aromatic heterocycles. The fraction of sp³-hybridized carbons (Fsp3) is 0.0833. The number of aryl methyl sites for hydroxylation is 1. The van der Waals surface area contributed by atoms with Gasteiger partial charge in [-0.15, -0.1) is 0 Å². The Morgan fingerprint density at radius 1 is 0.806 bits per heavy atom. The molecule has 0 saturated carbocycles. The highest BCUT2D eigenvalue weighted by Gasteiger charge is 2.26. The first-order valence-electron chi connectivity index (χ1n) is 10.9. The molecule has 0 saturated heterocycles. The summed E-state index contributed by atoms with van der Waals surface area (Å²) in [5.41, 5.74) is 4.51. The van der Waals surface area contributed by atoms with Gasteiger partial charge in [-0.05, 0) is 41.5 Å². The lowest BCUT2D eigenvalue weighted by Gasteiger charge is -2.08. The van der Waals surface area contributed by atoms with Crippen LogP contribution in [0.4, 0.5) is 0 Å². The molecule has 0 radical (unpaired) electrons. The van der Waals surface area contributed by atoms with Crippen molar-refractivity contribution in [3.63, 3.8) is 0 Å². The van der Waals surface area contributed by atoms with Gasteiger partial charge in [-0.1, -0.05) is 6.07 Å². The van der Waals surface area contributed by atoms with Crippen LogP contribution < -0.4 is 9.47 Å². The first kappa shape index (κ1) is 20.6. The minimum Gasteiger partial charge on any atom is -0.454 e. The van der Waals surface area contributed by atoms with Gasteiger partial charge in [-0.2, -0.15) is 22.7 Å². The molecule has 0 amide bonds. The third-order valence-electron chi connectivity index (χ3n) is 6.10. The van der Waals surface area contributed by atoms with E-state index in [1.165, 1.54) is 12.4 Å². The molecule has 6 heterocycles. The Labute approximate surface area is 204 Å². The molecule has 0 atom stereocenters. The van der Waals surface area contributed by atoms with Crippen molar-refractivity contribution in [3.05, 3.63) is 73.6 Å². The second-order valence-corrected chi connectivity index (χ2v) is 10.0. The second-order valence-electron chi connectivity index (χ2n) is 8.33. The predicted octanol–water partition coefficient (Wildman–Crippen LogP) is 3.11. The first-order chi connectivity index (χ1) is 17.5. The van der Waals surface area contributed by atoms with Gasteiger partial charge in [0.25, 0.3) is 0 Å². The van der Waals surface area contributed by atoms with Crippen molar-refractivity contribution >= 4 is 26.7 Å². The highest BCUT2D eigenvalue weighted by Crippen LogP contribution is 2.36. The van der Waals surface area contributed by atoms with E-state index >= 15 is 0 Å². The number of hydrogen-bond acceptors (Lipinski definition) is 8. The molecule has 7 rings (SSSR count). The number of pyridine rings is 2. The van der Waals surface area contributed by atoms with Crippen molar-refractivity contribution in [1.29, 1.82) is 0 Å². The van der Waals surface area contributed by atoms with Crippen LogP contribution in [0.5, 0.6) is 11.5 Å². The van der Waals surface area contributed by atoms with Crippen LogP contribution in [-0.4, -0.2) is 48.5 Å². The predicted molar refractivity (Wildman–Crippen MR) is 129 cm³/mol. The van der Waals surface area contributed by atoms with Crippen molar-refractivity contribution in [2.45, 2.75) is 5.03 Å². The molecule has 0 bridgehead atoms. The van der Waals surface area contributed by atoms with Gasteiger partial charge in [-0.3, -0.25) is 14.1 Å². The fourth-order valence-corrected chi connectivity index (χ4v) is 5.62. The Hall–Kier alpha value is -4.71. The molecule has 0 aliphatic carbocycles. The summed E-state index contributed by atoms with van der Waals surface area (Å²) in [6.45, 7) is 0.177. The minimum atomic E-state index is -4.11. The first-order valence-corrected chi connectivity index (χ1v) is 12.4. The Bertz CT molecular complexity index is 1920. The summed E-state index contributed by atoms with van der Waals surface area (Å²) in [4.78, 5) is 8.70. The van der Waals surface area contributed by atoms with Crippen LogP contribution in [0, 0.1) is 0 Å². The van der Waals surface area contributed by atoms with Gasteiger partial charge in [0.2, 0.25) is 6.79 Å². The monoisotopic (exact) mass is 499 g/mol. The summed E-state index contributed by atoms with van der Waals surface area (Å²) in [5.74, 6) is 1.32. The summed E-state index contributed by atoms with van der Waals surface area (Å²) in [6, 6.07) is 11.0. The normalized spacial score (nSPS) is 13.1. The average Bonchev–Trinajstić information content (AvgIpc) is 3.68. The standard InChI is InChI=1S/C24H17N7O4S/c1-29-12-18(9-27-29)17-6-20-19(25-8-17)10-28-31(20)36(32,33)24-11-26-23-5-3-16(13-30(23)24)15-2-4-21-22(7-15)35-14-34-21/h2-13H,14H2,1H3. The third kappa shape index (κ3) is 3.08. The van der Waals surface area contributed by atoms with Crippen molar-refractivity contribution in [2.24, 2.45) is 7.05 Å². The molecule has 0 fully saturated rings. The number of aromatic nitrogens is 7. The molecule has 11 nitrogen and oxygen atoms in total. The molecule has 0 spiro atoms. The van der Waals surface area contributed by atoms with E-state index < -0.39 is 10.0 Å². The van der Waals surface area contributed by atoms with E-state index in [-0.39, 0.29) is 11.8 Å². The summed E-state index contributed by atoms with van der Waals surface area (Å²) in [7, 11) is -2.30. The highest BCUT2D eigenvalue weighted by molar-refractivity contribution is 7.90. The van der Waals surface area contributed by atoms with Crippen LogP contribution >= 0.6 is 0 Å². The number of rotatable bonds is 4. The fourth-order valence-electron chi connectivity index (χ4n) is 4.29. The number of nitrogens with zero attached hydrogens (tertiary/aromatic N) is 7. The van der Waals surface area contributed by atoms with Gasteiger partial charge >= 0.3 is 10.0 Å². The molecular formula is C24H17N7O4S. The van der Waals surface area contributed by atoms with Gasteiger partial charge in [0, 0.05) is 36.8 Å². The van der Waals surface area contributed by atoms with E-state index in [9.17, 15) is 8.42 Å². The topological polar surface area (TPSA) is 118 Å². The van der Waals surface area contributed by atoms with Crippen LogP contribution in [0.2, 0.25) is 0 Å². The molecular weight excluding hydrogens is 482 g/mol. The van der Waals surface area contributed by atoms with E-state index in [1.54, 1.807) is 39.8 Å². The maximum atomic E-state index is 13.8. The SMILES string of the molecule is Cn1cc(-c2cnc3cnn(S(=O)(=O)c4cnc5ccc(-c6ccc7c(c6)OCO7)cn45)c3c2)cn1. The Morgan fingerprint density at radius 2 is 1.67 bits per heavy atom. The second kappa shape index (κ2) is 7.39. The lowest BCUT2D eigenvalue weighted by atomic mass is 10.1. The van der Waals surface area contributed by atoms with E-state index in [1.807, 2.05) is 37.5 Å². The zero-order valence-corrected chi connectivity index (χ0v) is 19.6. The van der Waals surface area contributed by atoms with E-state index in [2.05, 4.69) is 20.2 Å². The van der Waals surface area contributed by atoms with Gasteiger partial charge in [0.05, 0.1) is 18.6 Å². The molecule has 12 heteroatoms. The van der Waals surface area contributed by atoms with Gasteiger partial charge in [0.1, 0.15) is 16.7 Å². The van der Waals surface area contributed by atoms with Crippen LogP contribution in [0.3, 0.4) is 0 Å². The van der Waals surface area contributed by atoms with Gasteiger partial charge in [0.15, 0.2) is 16.5 Å². The number of benzene rings is 1. The minimum absolute atomic E-state index is 0.0168. The quantitative estimate of drug-likeness (QED) is 0.363. The van der Waals surface area contributed by atoms with Crippen molar-refractivity contribution < 1.29 is 17.9 Å². The molecule has 0 unspecified atom stereocenters. The number of hydrogen-bond donors (Lipinski definition) is 0. The summed E-state index contributed by atoms with van der Waals surface area (Å²) in [6.07, 6.45) is 9.70. The summed E-state index contributed by atoms with van der Waals surface area (Å²) >= 11 is 0. The summed E-state index contributed by atoms with van der Waals surface area (Å²) < 4.78 is 42.7. The van der Waals surface area contributed by atoms with Crippen LogP contribution in [0.1, 0.15) is 0 Å². The summed E-state index contributed by atoms with van der Waals surface area (Å²) in [5, 5.41) is 8.33. The lowest BCUT2D eigenvalue weighted by Crippen LogP contribution is -2.16. The van der Waals surface area contributed by atoms with E-state index in [0.29, 0.717) is 28.2 Å². The molecule has 0 N–H and O–H groups in total. The number of imidazole rings is 1. The van der Waals surface area contributed by atoms with E-state index in [0.717, 1.165) is 26.3 Å². The van der Waals surface area contributed by atoms with Crippen molar-refractivity contribution in [1.82, 2.24) is 33.3 Å². The Morgan fingerprint density at radius 3 is 2.53 bits per heavy atom. The zero-order chi connectivity index (χ0) is 24.4. The van der Waals surface area contributed by atoms with Gasteiger partial charge in [-0.25, -0.2) is 4.98 Å². The maximum absolute atomic E-state index is 13.8. The zero-order valence-electron chi connectivity index (χ0n) is 18.8. The van der Waals surface area contributed by atoms with Gasteiger partial charge < -0.3 is 9.47 Å². The molecule has 1 aliphatic rings. The van der Waals surface area contributed by atoms with E-state index in [4.69, 9.17) is 9.47 Å². The average molecular weight is 500 g/mol. The molecule has 6 aromatic rings. The smallest absolute Gasteiger partial charge is 0.301 e. The van der Waals surface area contributed by atoms with Crippen LogP contribution in [0.15, 0.2) is 78.6 Å². The van der Waals surface area contributed by atoms with Crippen LogP contribution in [0.25, 0.3) is 38.9 Å². The molecule has 1 aromatic carbocycles. The lowest BCUT2D eigenvalue weighted by molar-refractivity contribution is 0.174. The molecule has 1 aliphatic heterocycles. The molecule has 178 valence electrons. The number of fused-ring (bicyclic) bond motifs is 3. The maximum Gasteiger partial charge on any atom is 0.301 e. The van der Waals surface area contributed by atoms with Crippen molar-refractivity contribution in [2.75, 3.05) is 6.79 Å². The number of ether oxygens (including phenoxy) is 2.